The van der Waals surface area contributed by atoms with E-state index in [2.05, 4.69) is 0 Å². The molecule has 1 aromatic carbocycles. The van der Waals surface area contributed by atoms with Crippen LogP contribution in [0.2, 0.25) is 5.02 Å². The molecule has 5 heteroatoms. The molecule has 0 unspecified atom stereocenters. The van der Waals surface area contributed by atoms with Crippen molar-refractivity contribution in [2.24, 2.45) is 5.41 Å². The molecular formula is C11H9ClF2O2. The van der Waals surface area contributed by atoms with Crippen LogP contribution in [0.1, 0.15) is 18.4 Å². The van der Waals surface area contributed by atoms with E-state index in [0.29, 0.717) is 0 Å². The molecule has 1 aliphatic carbocycles. The minimum Gasteiger partial charge on any atom is -0.481 e. The number of benzene rings is 1. The summed E-state index contributed by atoms with van der Waals surface area (Å²) < 4.78 is 28.0. The second-order valence-electron chi connectivity index (χ2n) is 3.97. The van der Waals surface area contributed by atoms with Crippen molar-refractivity contribution in [2.45, 2.75) is 18.8 Å². The molecular weight excluding hydrogens is 238 g/mol. The lowest BCUT2D eigenvalue weighted by atomic mass is 9.91. The molecule has 0 aromatic heterocycles. The number of carboxylic acid groups (broad SMARTS) is 1. The normalized spacial score (nSPS) is 18.2. The van der Waals surface area contributed by atoms with Crippen molar-refractivity contribution < 1.29 is 18.7 Å². The molecule has 0 aliphatic heterocycles. The van der Waals surface area contributed by atoms with Gasteiger partial charge in [-0.2, -0.15) is 0 Å². The van der Waals surface area contributed by atoms with Gasteiger partial charge in [0.05, 0.1) is 0 Å². The van der Waals surface area contributed by atoms with Crippen LogP contribution in [0.15, 0.2) is 24.3 Å². The summed E-state index contributed by atoms with van der Waals surface area (Å²) in [5.41, 5.74) is -2.27. The Morgan fingerprint density at radius 3 is 2.50 bits per heavy atom. The predicted octanol–water partition coefficient (Wildman–Crippen LogP) is 3.30. The Morgan fingerprint density at radius 2 is 2.06 bits per heavy atom. The van der Waals surface area contributed by atoms with E-state index in [9.17, 15) is 13.6 Å². The minimum atomic E-state index is -3.37. The zero-order valence-electron chi connectivity index (χ0n) is 8.21. The first-order valence-corrected chi connectivity index (χ1v) is 5.15. The SMILES string of the molecule is O=C(O)C1(C(F)(F)c2cccc(Cl)c2)CC1. The van der Waals surface area contributed by atoms with E-state index in [0.717, 1.165) is 6.07 Å². The lowest BCUT2D eigenvalue weighted by molar-refractivity contribution is -0.163. The quantitative estimate of drug-likeness (QED) is 0.889. The molecule has 2 nitrogen and oxygen atoms in total. The zero-order chi connectivity index (χ0) is 12.0. The molecule has 0 radical (unpaired) electrons. The van der Waals surface area contributed by atoms with Crippen LogP contribution in [0.3, 0.4) is 0 Å². The summed E-state index contributed by atoms with van der Waals surface area (Å²) in [6, 6.07) is 5.18. The lowest BCUT2D eigenvalue weighted by Crippen LogP contribution is -2.34. The van der Waals surface area contributed by atoms with Gasteiger partial charge in [0.1, 0.15) is 5.41 Å². The Bertz CT molecular complexity index is 441. The first kappa shape index (κ1) is 11.3. The van der Waals surface area contributed by atoms with E-state index in [1.54, 1.807) is 0 Å². The standard InChI is InChI=1S/C11H9ClF2O2/c12-8-3-1-2-7(6-8)11(13,14)10(4-5-10)9(15)16/h1-3,6H,4-5H2,(H,15,16). The molecule has 1 aliphatic rings. The molecule has 86 valence electrons. The van der Waals surface area contributed by atoms with Crippen molar-refractivity contribution in [3.63, 3.8) is 0 Å². The maximum absolute atomic E-state index is 14.0. The number of aliphatic carboxylic acids is 1. The first-order chi connectivity index (χ1) is 7.40. The molecule has 0 atom stereocenters. The topological polar surface area (TPSA) is 37.3 Å². The van der Waals surface area contributed by atoms with E-state index >= 15 is 0 Å². The number of carboxylic acids is 1. The van der Waals surface area contributed by atoms with Gasteiger partial charge in [0.2, 0.25) is 0 Å². The highest BCUT2D eigenvalue weighted by Gasteiger charge is 2.68. The summed E-state index contributed by atoms with van der Waals surface area (Å²) in [6.45, 7) is 0. The van der Waals surface area contributed by atoms with Crippen LogP contribution in [0.4, 0.5) is 8.78 Å². The maximum atomic E-state index is 14.0. The average molecular weight is 247 g/mol. The number of carbonyl (C=O) groups is 1. The van der Waals surface area contributed by atoms with Gasteiger partial charge < -0.3 is 5.11 Å². The van der Waals surface area contributed by atoms with Crippen molar-refractivity contribution >= 4 is 17.6 Å². The Kier molecular flexibility index (Phi) is 2.42. The van der Waals surface area contributed by atoms with E-state index in [-0.39, 0.29) is 23.4 Å². The molecule has 0 heterocycles. The number of hydrogen-bond acceptors (Lipinski definition) is 1. The lowest BCUT2D eigenvalue weighted by Gasteiger charge is -2.23. The van der Waals surface area contributed by atoms with Gasteiger partial charge in [-0.05, 0) is 25.0 Å². The monoisotopic (exact) mass is 246 g/mol. The van der Waals surface area contributed by atoms with Gasteiger partial charge in [0.15, 0.2) is 0 Å². The highest BCUT2D eigenvalue weighted by atomic mass is 35.5. The van der Waals surface area contributed by atoms with Crippen LogP contribution in [-0.2, 0) is 10.7 Å². The van der Waals surface area contributed by atoms with Crippen molar-refractivity contribution in [1.29, 1.82) is 0 Å². The maximum Gasteiger partial charge on any atom is 0.316 e. The van der Waals surface area contributed by atoms with Crippen molar-refractivity contribution in [3.8, 4) is 0 Å². The van der Waals surface area contributed by atoms with Crippen molar-refractivity contribution in [3.05, 3.63) is 34.9 Å². The third kappa shape index (κ3) is 1.48. The van der Waals surface area contributed by atoms with Gasteiger partial charge in [-0.3, -0.25) is 4.79 Å². The molecule has 1 saturated carbocycles. The Balaban J connectivity index is 2.43. The summed E-state index contributed by atoms with van der Waals surface area (Å²) in [5.74, 6) is -4.82. The van der Waals surface area contributed by atoms with E-state index in [1.165, 1.54) is 18.2 Å². The first-order valence-electron chi connectivity index (χ1n) is 4.77. The average Bonchev–Trinajstić information content (AvgIpc) is 2.98. The highest BCUT2D eigenvalue weighted by molar-refractivity contribution is 6.30. The van der Waals surface area contributed by atoms with Gasteiger partial charge in [0.25, 0.3) is 5.92 Å². The van der Waals surface area contributed by atoms with Crippen LogP contribution in [0.25, 0.3) is 0 Å². The zero-order valence-corrected chi connectivity index (χ0v) is 8.97. The second kappa shape index (κ2) is 3.42. The summed E-state index contributed by atoms with van der Waals surface area (Å²) in [4.78, 5) is 10.9. The molecule has 0 amide bonds. The molecule has 0 bridgehead atoms. The predicted molar refractivity (Wildman–Crippen MR) is 54.6 cm³/mol. The molecule has 1 N–H and O–H groups in total. The molecule has 0 spiro atoms. The molecule has 16 heavy (non-hydrogen) atoms. The van der Waals surface area contributed by atoms with Crippen LogP contribution < -0.4 is 0 Å². The molecule has 0 saturated heterocycles. The Labute approximate surface area is 95.8 Å². The largest absolute Gasteiger partial charge is 0.481 e. The summed E-state index contributed by atoms with van der Waals surface area (Å²) in [5, 5.41) is 9.04. The fourth-order valence-electron chi connectivity index (χ4n) is 1.75. The van der Waals surface area contributed by atoms with Gasteiger partial charge in [-0.25, -0.2) is 8.78 Å². The third-order valence-corrected chi connectivity index (χ3v) is 3.18. The third-order valence-electron chi connectivity index (χ3n) is 2.95. The van der Waals surface area contributed by atoms with Crippen LogP contribution in [0, 0.1) is 5.41 Å². The van der Waals surface area contributed by atoms with Crippen LogP contribution in [-0.4, -0.2) is 11.1 Å². The number of alkyl halides is 2. The second-order valence-corrected chi connectivity index (χ2v) is 4.41. The van der Waals surface area contributed by atoms with Crippen LogP contribution in [0.5, 0.6) is 0 Å². The number of halogens is 3. The minimum absolute atomic E-state index is 0.00183. The fourth-order valence-corrected chi connectivity index (χ4v) is 1.94. The molecule has 1 fully saturated rings. The van der Waals surface area contributed by atoms with E-state index in [4.69, 9.17) is 16.7 Å². The Morgan fingerprint density at radius 1 is 1.44 bits per heavy atom. The van der Waals surface area contributed by atoms with Gasteiger partial charge in [0, 0.05) is 10.6 Å². The summed E-state index contributed by atoms with van der Waals surface area (Å²) >= 11 is 5.62. The fraction of sp³-hybridized carbons (Fsp3) is 0.364. The van der Waals surface area contributed by atoms with Crippen LogP contribution >= 0.6 is 11.6 Å². The number of hydrogen-bond donors (Lipinski definition) is 1. The molecule has 1 aromatic rings. The highest BCUT2D eigenvalue weighted by Crippen LogP contribution is 2.61. The summed E-state index contributed by atoms with van der Waals surface area (Å²) in [7, 11) is 0. The molecule has 2 rings (SSSR count). The summed E-state index contributed by atoms with van der Waals surface area (Å²) in [6.07, 6.45) is 0.00366. The van der Waals surface area contributed by atoms with Gasteiger partial charge in [-0.15, -0.1) is 0 Å². The van der Waals surface area contributed by atoms with Gasteiger partial charge in [-0.1, -0.05) is 23.7 Å². The van der Waals surface area contributed by atoms with Crippen molar-refractivity contribution in [2.75, 3.05) is 0 Å². The van der Waals surface area contributed by atoms with E-state index < -0.39 is 17.3 Å². The van der Waals surface area contributed by atoms with Crippen molar-refractivity contribution in [1.82, 2.24) is 0 Å². The Hall–Kier alpha value is -1.16. The van der Waals surface area contributed by atoms with Gasteiger partial charge >= 0.3 is 5.97 Å². The number of rotatable bonds is 3. The smallest absolute Gasteiger partial charge is 0.316 e. The van der Waals surface area contributed by atoms with E-state index in [1.807, 2.05) is 0 Å².